The Labute approximate surface area is 127 Å². The summed E-state index contributed by atoms with van der Waals surface area (Å²) in [6.07, 6.45) is 0. The average Bonchev–Trinajstić information content (AvgIpc) is 3.02. The topological polar surface area (TPSA) is 25.2 Å². The second kappa shape index (κ2) is 5.62. The molecule has 1 unspecified atom stereocenters. The third-order valence-corrected chi connectivity index (χ3v) is 4.68. The molecule has 110 valence electrons. The van der Waals surface area contributed by atoms with Crippen molar-refractivity contribution in [3.05, 3.63) is 57.2 Å². The highest BCUT2D eigenvalue weighted by Gasteiger charge is 2.23. The molecule has 0 aliphatic rings. The quantitative estimate of drug-likeness (QED) is 0.738. The van der Waals surface area contributed by atoms with Crippen LogP contribution in [0.3, 0.4) is 0 Å². The lowest BCUT2D eigenvalue weighted by atomic mass is 10.0. The summed E-state index contributed by atoms with van der Waals surface area (Å²) in [7, 11) is 0. The van der Waals surface area contributed by atoms with Crippen LogP contribution >= 0.6 is 11.3 Å². The smallest absolute Gasteiger partial charge is 0.134 e. The van der Waals surface area contributed by atoms with Crippen molar-refractivity contribution in [3.63, 3.8) is 0 Å². The molecular weight excluding hydrogens is 285 g/mol. The van der Waals surface area contributed by atoms with Gasteiger partial charge in [-0.3, -0.25) is 0 Å². The van der Waals surface area contributed by atoms with E-state index in [-0.39, 0.29) is 11.9 Å². The first kappa shape index (κ1) is 14.3. The predicted molar refractivity (Wildman–Crippen MR) is 85.5 cm³/mol. The SMILES string of the molecule is CCNC(c1ccsc1C)c1oc2ccc(F)cc2c1C. The summed E-state index contributed by atoms with van der Waals surface area (Å²) >= 11 is 1.73. The largest absolute Gasteiger partial charge is 0.459 e. The van der Waals surface area contributed by atoms with Crippen LogP contribution in [0.2, 0.25) is 0 Å². The van der Waals surface area contributed by atoms with Crippen molar-refractivity contribution in [3.8, 4) is 0 Å². The van der Waals surface area contributed by atoms with E-state index in [1.807, 2.05) is 6.92 Å². The van der Waals surface area contributed by atoms with Crippen LogP contribution < -0.4 is 5.32 Å². The summed E-state index contributed by atoms with van der Waals surface area (Å²) < 4.78 is 19.5. The Kier molecular flexibility index (Phi) is 3.83. The van der Waals surface area contributed by atoms with Crippen molar-refractivity contribution in [2.75, 3.05) is 6.54 Å². The molecule has 1 aromatic carbocycles. The minimum Gasteiger partial charge on any atom is -0.459 e. The number of hydrogen-bond acceptors (Lipinski definition) is 3. The molecule has 2 aromatic heterocycles. The molecule has 21 heavy (non-hydrogen) atoms. The first-order chi connectivity index (χ1) is 10.1. The van der Waals surface area contributed by atoms with Gasteiger partial charge in [-0.1, -0.05) is 6.92 Å². The van der Waals surface area contributed by atoms with Crippen molar-refractivity contribution in [2.45, 2.75) is 26.8 Å². The fourth-order valence-electron chi connectivity index (χ4n) is 2.73. The Morgan fingerprint density at radius 3 is 2.76 bits per heavy atom. The fourth-order valence-corrected chi connectivity index (χ4v) is 3.47. The monoisotopic (exact) mass is 303 g/mol. The van der Waals surface area contributed by atoms with E-state index in [4.69, 9.17) is 4.42 Å². The normalized spacial score (nSPS) is 13.0. The lowest BCUT2D eigenvalue weighted by Crippen LogP contribution is -2.22. The molecule has 0 spiro atoms. The van der Waals surface area contributed by atoms with Crippen LogP contribution in [0.1, 0.15) is 34.7 Å². The highest BCUT2D eigenvalue weighted by atomic mass is 32.1. The number of rotatable bonds is 4. The van der Waals surface area contributed by atoms with E-state index in [1.165, 1.54) is 16.5 Å². The molecule has 0 amide bonds. The van der Waals surface area contributed by atoms with Crippen LogP contribution in [0.25, 0.3) is 11.0 Å². The van der Waals surface area contributed by atoms with E-state index < -0.39 is 0 Å². The van der Waals surface area contributed by atoms with Gasteiger partial charge in [-0.25, -0.2) is 4.39 Å². The summed E-state index contributed by atoms with van der Waals surface area (Å²) in [6, 6.07) is 6.82. The zero-order valence-corrected chi connectivity index (χ0v) is 13.2. The highest BCUT2D eigenvalue weighted by molar-refractivity contribution is 7.10. The van der Waals surface area contributed by atoms with E-state index in [0.717, 1.165) is 28.8 Å². The van der Waals surface area contributed by atoms with Crippen molar-refractivity contribution < 1.29 is 8.81 Å². The summed E-state index contributed by atoms with van der Waals surface area (Å²) in [5, 5.41) is 6.42. The highest BCUT2D eigenvalue weighted by Crippen LogP contribution is 2.35. The molecule has 1 atom stereocenters. The van der Waals surface area contributed by atoms with Crippen molar-refractivity contribution >= 4 is 22.3 Å². The van der Waals surface area contributed by atoms with E-state index >= 15 is 0 Å². The maximum absolute atomic E-state index is 13.5. The molecule has 0 aliphatic carbocycles. The molecule has 2 heterocycles. The predicted octanol–water partition coefficient (Wildman–Crippen LogP) is 4.95. The summed E-state index contributed by atoms with van der Waals surface area (Å²) in [6.45, 7) is 7.02. The van der Waals surface area contributed by atoms with Gasteiger partial charge >= 0.3 is 0 Å². The van der Waals surface area contributed by atoms with Crippen LogP contribution in [-0.2, 0) is 0 Å². The number of benzene rings is 1. The maximum Gasteiger partial charge on any atom is 0.134 e. The lowest BCUT2D eigenvalue weighted by Gasteiger charge is -2.16. The summed E-state index contributed by atoms with van der Waals surface area (Å²) in [4.78, 5) is 1.27. The maximum atomic E-state index is 13.5. The van der Waals surface area contributed by atoms with Gasteiger partial charge in [0.2, 0.25) is 0 Å². The molecule has 0 bridgehead atoms. The van der Waals surface area contributed by atoms with Crippen LogP contribution in [0, 0.1) is 19.7 Å². The molecule has 3 rings (SSSR count). The molecule has 1 N–H and O–H groups in total. The number of furan rings is 1. The number of hydrogen-bond donors (Lipinski definition) is 1. The fraction of sp³-hybridized carbons (Fsp3) is 0.294. The molecular formula is C17H18FNOS. The van der Waals surface area contributed by atoms with E-state index in [9.17, 15) is 4.39 Å². The third-order valence-electron chi connectivity index (χ3n) is 3.82. The van der Waals surface area contributed by atoms with Gasteiger partial charge in [0.05, 0.1) is 6.04 Å². The van der Waals surface area contributed by atoms with Gasteiger partial charge in [-0.15, -0.1) is 11.3 Å². The summed E-state index contributed by atoms with van der Waals surface area (Å²) in [5.41, 5.74) is 2.96. The van der Waals surface area contributed by atoms with Gasteiger partial charge in [0.15, 0.2) is 0 Å². The van der Waals surface area contributed by atoms with Gasteiger partial charge in [0.1, 0.15) is 17.2 Å². The van der Waals surface area contributed by atoms with Gasteiger partial charge in [-0.2, -0.15) is 0 Å². The van der Waals surface area contributed by atoms with Crippen molar-refractivity contribution in [1.29, 1.82) is 0 Å². The zero-order chi connectivity index (χ0) is 15.0. The van der Waals surface area contributed by atoms with Crippen LogP contribution in [0.5, 0.6) is 0 Å². The number of nitrogens with one attached hydrogen (secondary N) is 1. The minimum absolute atomic E-state index is 0.0108. The Hall–Kier alpha value is -1.65. The average molecular weight is 303 g/mol. The number of fused-ring (bicyclic) bond motifs is 1. The Bertz CT molecular complexity index is 774. The first-order valence-corrected chi connectivity index (χ1v) is 7.95. The van der Waals surface area contributed by atoms with Gasteiger partial charge < -0.3 is 9.73 Å². The Morgan fingerprint density at radius 2 is 2.10 bits per heavy atom. The second-order valence-electron chi connectivity index (χ2n) is 5.15. The van der Waals surface area contributed by atoms with E-state index in [2.05, 4.69) is 30.6 Å². The standard InChI is InChI=1S/C17H18FNOS/c1-4-19-16(13-7-8-21-11(13)3)17-10(2)14-9-12(18)5-6-15(14)20-17/h5-9,16,19H,4H2,1-3H3. The Balaban J connectivity index is 2.16. The molecule has 2 nitrogen and oxygen atoms in total. The van der Waals surface area contributed by atoms with Crippen LogP contribution in [0.15, 0.2) is 34.1 Å². The van der Waals surface area contributed by atoms with E-state index in [1.54, 1.807) is 23.5 Å². The van der Waals surface area contributed by atoms with Gasteiger partial charge in [0, 0.05) is 15.8 Å². The molecule has 3 aromatic rings. The van der Waals surface area contributed by atoms with Crippen LogP contribution in [0.4, 0.5) is 4.39 Å². The van der Waals surface area contributed by atoms with Gasteiger partial charge in [0.25, 0.3) is 0 Å². The number of aryl methyl sites for hydroxylation is 2. The number of halogens is 1. The van der Waals surface area contributed by atoms with E-state index in [0.29, 0.717) is 0 Å². The Morgan fingerprint density at radius 1 is 1.29 bits per heavy atom. The first-order valence-electron chi connectivity index (χ1n) is 7.07. The molecule has 0 saturated carbocycles. The number of thiophene rings is 1. The lowest BCUT2D eigenvalue weighted by molar-refractivity contribution is 0.473. The molecule has 0 saturated heterocycles. The van der Waals surface area contributed by atoms with Crippen molar-refractivity contribution in [2.24, 2.45) is 0 Å². The molecule has 0 fully saturated rings. The molecule has 4 heteroatoms. The van der Waals surface area contributed by atoms with Gasteiger partial charge in [-0.05, 0) is 55.6 Å². The molecule has 0 radical (unpaired) electrons. The molecule has 0 aliphatic heterocycles. The third kappa shape index (κ3) is 2.49. The zero-order valence-electron chi connectivity index (χ0n) is 12.4. The minimum atomic E-state index is -0.232. The second-order valence-corrected chi connectivity index (χ2v) is 6.27. The van der Waals surface area contributed by atoms with Crippen LogP contribution in [-0.4, -0.2) is 6.54 Å². The van der Waals surface area contributed by atoms with Crippen molar-refractivity contribution in [1.82, 2.24) is 5.32 Å². The summed E-state index contributed by atoms with van der Waals surface area (Å²) in [5.74, 6) is 0.642.